The van der Waals surface area contributed by atoms with Crippen LogP contribution in [0.15, 0.2) is 18.2 Å². The monoisotopic (exact) mass is 204 g/mol. The van der Waals surface area contributed by atoms with Crippen LogP contribution in [0, 0.1) is 17.1 Å². The molecule has 0 aromatic heterocycles. The summed E-state index contributed by atoms with van der Waals surface area (Å²) >= 11 is 0. The molecule has 0 amide bonds. The van der Waals surface area contributed by atoms with Crippen LogP contribution >= 0.6 is 0 Å². The maximum absolute atomic E-state index is 13.5. The molecule has 1 unspecified atom stereocenters. The molecule has 78 valence electrons. The first-order valence-electron chi connectivity index (χ1n) is 5.17. The lowest BCUT2D eigenvalue weighted by Crippen LogP contribution is -2.38. The zero-order valence-corrected chi connectivity index (χ0v) is 8.68. The lowest BCUT2D eigenvalue weighted by Gasteiger charge is -2.22. The first-order chi connectivity index (χ1) is 7.23. The van der Waals surface area contributed by atoms with Crippen LogP contribution in [0.1, 0.15) is 24.5 Å². The fourth-order valence-corrected chi connectivity index (χ4v) is 2.30. The molecule has 1 N–H and O–H groups in total. The average molecular weight is 204 g/mol. The summed E-state index contributed by atoms with van der Waals surface area (Å²) in [5.41, 5.74) is 0.832. The number of hydrogen-bond donors (Lipinski definition) is 1. The molecule has 0 spiro atoms. The largest absolute Gasteiger partial charge is 0.296 e. The van der Waals surface area contributed by atoms with Crippen molar-refractivity contribution in [3.8, 4) is 6.07 Å². The molecule has 0 heterocycles. The lowest BCUT2D eigenvalue weighted by molar-refractivity contribution is 0.437. The van der Waals surface area contributed by atoms with E-state index in [2.05, 4.69) is 11.4 Å². The topological polar surface area (TPSA) is 35.8 Å². The van der Waals surface area contributed by atoms with Gasteiger partial charge in [0.15, 0.2) is 0 Å². The van der Waals surface area contributed by atoms with Crippen LogP contribution in [0.5, 0.6) is 0 Å². The summed E-state index contributed by atoms with van der Waals surface area (Å²) in [7, 11) is 0. The van der Waals surface area contributed by atoms with Gasteiger partial charge in [-0.3, -0.25) is 5.32 Å². The molecule has 15 heavy (non-hydrogen) atoms. The molecule has 0 aliphatic heterocycles. The van der Waals surface area contributed by atoms with Crippen molar-refractivity contribution in [3.63, 3.8) is 0 Å². The third-order valence-electron chi connectivity index (χ3n) is 3.00. The van der Waals surface area contributed by atoms with Crippen LogP contribution in [-0.2, 0) is 12.0 Å². The van der Waals surface area contributed by atoms with E-state index in [1.165, 1.54) is 6.07 Å². The molecule has 2 nitrogen and oxygen atoms in total. The number of rotatable bonds is 2. The zero-order chi connectivity index (χ0) is 10.9. The van der Waals surface area contributed by atoms with Crippen molar-refractivity contribution in [2.45, 2.75) is 25.3 Å². The average Bonchev–Trinajstić information content (AvgIpc) is 2.61. The van der Waals surface area contributed by atoms with Crippen molar-refractivity contribution >= 4 is 0 Å². The fraction of sp³-hybridized carbons (Fsp3) is 0.417. The van der Waals surface area contributed by atoms with Gasteiger partial charge in [-0.2, -0.15) is 5.26 Å². The van der Waals surface area contributed by atoms with Crippen molar-refractivity contribution in [1.82, 2.24) is 5.32 Å². The summed E-state index contributed by atoms with van der Waals surface area (Å²) in [6.07, 6.45) is 1.30. The highest BCUT2D eigenvalue weighted by atomic mass is 19.1. The van der Waals surface area contributed by atoms with Crippen LogP contribution in [0.3, 0.4) is 0 Å². The standard InChI is InChI=1S/C12H13FN2/c1-2-15-12(8-14)7-6-9-10(12)4-3-5-11(9)13/h3-5,15H,2,6-7H2,1H3. The fourth-order valence-electron chi connectivity index (χ4n) is 2.30. The minimum absolute atomic E-state index is 0.192. The number of halogens is 1. The molecule has 1 aliphatic rings. The Kier molecular flexibility index (Phi) is 2.45. The van der Waals surface area contributed by atoms with Crippen molar-refractivity contribution in [2.75, 3.05) is 6.54 Å². The van der Waals surface area contributed by atoms with Crippen molar-refractivity contribution in [1.29, 1.82) is 5.26 Å². The molecule has 3 heteroatoms. The summed E-state index contributed by atoms with van der Waals surface area (Å²) in [5.74, 6) is -0.192. The van der Waals surface area contributed by atoms with Gasteiger partial charge < -0.3 is 0 Å². The number of hydrogen-bond acceptors (Lipinski definition) is 2. The van der Waals surface area contributed by atoms with Crippen LogP contribution < -0.4 is 5.32 Å². The highest BCUT2D eigenvalue weighted by molar-refractivity contribution is 5.44. The first kappa shape index (κ1) is 10.1. The Balaban J connectivity index is 2.52. The Labute approximate surface area is 88.7 Å². The van der Waals surface area contributed by atoms with Gasteiger partial charge >= 0.3 is 0 Å². The van der Waals surface area contributed by atoms with Gasteiger partial charge in [-0.05, 0) is 36.6 Å². The normalized spacial score (nSPS) is 23.5. The molecule has 0 fully saturated rings. The van der Waals surface area contributed by atoms with E-state index in [4.69, 9.17) is 0 Å². The maximum Gasteiger partial charge on any atom is 0.132 e. The Morgan fingerprint density at radius 1 is 1.60 bits per heavy atom. The summed E-state index contributed by atoms with van der Waals surface area (Å²) in [6, 6.07) is 7.25. The van der Waals surface area contributed by atoms with E-state index in [1.807, 2.05) is 13.0 Å². The Bertz CT molecular complexity index is 422. The molecule has 0 saturated heterocycles. The summed E-state index contributed by atoms with van der Waals surface area (Å²) < 4.78 is 13.5. The minimum Gasteiger partial charge on any atom is -0.296 e. The Morgan fingerprint density at radius 3 is 3.07 bits per heavy atom. The van der Waals surface area contributed by atoms with E-state index >= 15 is 0 Å². The predicted octanol–water partition coefficient (Wildman–Crippen LogP) is 2.10. The summed E-state index contributed by atoms with van der Waals surface area (Å²) in [4.78, 5) is 0. The van der Waals surface area contributed by atoms with Crippen LogP contribution in [0.4, 0.5) is 4.39 Å². The molecule has 0 radical (unpaired) electrons. The second-order valence-corrected chi connectivity index (χ2v) is 3.81. The van der Waals surface area contributed by atoms with Crippen molar-refractivity contribution in [2.24, 2.45) is 0 Å². The van der Waals surface area contributed by atoms with Gasteiger partial charge in [-0.25, -0.2) is 4.39 Å². The first-order valence-corrected chi connectivity index (χ1v) is 5.17. The lowest BCUT2D eigenvalue weighted by atomic mass is 9.93. The van der Waals surface area contributed by atoms with Gasteiger partial charge in [0, 0.05) is 0 Å². The molecular weight excluding hydrogens is 191 g/mol. The van der Waals surface area contributed by atoms with Crippen LogP contribution in [-0.4, -0.2) is 6.54 Å². The number of nitrogens with one attached hydrogen (secondary N) is 1. The second kappa shape index (κ2) is 3.63. The van der Waals surface area contributed by atoms with E-state index < -0.39 is 5.54 Å². The molecule has 2 rings (SSSR count). The van der Waals surface area contributed by atoms with Crippen LogP contribution in [0.2, 0.25) is 0 Å². The quantitative estimate of drug-likeness (QED) is 0.800. The number of benzene rings is 1. The van der Waals surface area contributed by atoms with E-state index in [1.54, 1.807) is 6.07 Å². The second-order valence-electron chi connectivity index (χ2n) is 3.81. The number of nitrogens with zero attached hydrogens (tertiary/aromatic N) is 1. The molecule has 1 aromatic rings. The van der Waals surface area contributed by atoms with Gasteiger partial charge in [-0.1, -0.05) is 19.1 Å². The molecule has 0 saturated carbocycles. The molecular formula is C12H13FN2. The molecule has 1 aromatic carbocycles. The minimum atomic E-state index is -0.674. The van der Waals surface area contributed by atoms with E-state index in [9.17, 15) is 9.65 Å². The Morgan fingerprint density at radius 2 is 2.40 bits per heavy atom. The van der Waals surface area contributed by atoms with E-state index in [0.717, 1.165) is 5.56 Å². The molecule has 1 aliphatic carbocycles. The predicted molar refractivity (Wildman–Crippen MR) is 55.7 cm³/mol. The molecule has 0 bridgehead atoms. The highest BCUT2D eigenvalue weighted by Crippen LogP contribution is 2.37. The van der Waals surface area contributed by atoms with E-state index in [-0.39, 0.29) is 5.82 Å². The van der Waals surface area contributed by atoms with Gasteiger partial charge in [0.1, 0.15) is 11.4 Å². The van der Waals surface area contributed by atoms with Gasteiger partial charge in [0.25, 0.3) is 0 Å². The summed E-state index contributed by atoms with van der Waals surface area (Å²) in [5, 5.41) is 12.4. The number of nitriles is 1. The van der Waals surface area contributed by atoms with Gasteiger partial charge in [0.05, 0.1) is 6.07 Å². The van der Waals surface area contributed by atoms with Crippen LogP contribution in [0.25, 0.3) is 0 Å². The zero-order valence-electron chi connectivity index (χ0n) is 8.68. The highest BCUT2D eigenvalue weighted by Gasteiger charge is 2.39. The third-order valence-corrected chi connectivity index (χ3v) is 3.00. The smallest absolute Gasteiger partial charge is 0.132 e. The van der Waals surface area contributed by atoms with Crippen molar-refractivity contribution in [3.05, 3.63) is 35.1 Å². The SMILES string of the molecule is CCNC1(C#N)CCc2c(F)cccc21. The Hall–Kier alpha value is -1.40. The van der Waals surface area contributed by atoms with Gasteiger partial charge in [-0.15, -0.1) is 0 Å². The molecule has 1 atom stereocenters. The number of fused-ring (bicyclic) bond motifs is 1. The van der Waals surface area contributed by atoms with E-state index in [0.29, 0.717) is 24.9 Å². The summed E-state index contributed by atoms with van der Waals surface area (Å²) in [6.45, 7) is 2.67. The van der Waals surface area contributed by atoms with Crippen molar-refractivity contribution < 1.29 is 4.39 Å². The maximum atomic E-state index is 13.5. The van der Waals surface area contributed by atoms with Gasteiger partial charge in [0.2, 0.25) is 0 Å². The third kappa shape index (κ3) is 1.42.